The first-order valence-electron chi connectivity index (χ1n) is 10.2. The van der Waals surface area contributed by atoms with Gasteiger partial charge in [-0.3, -0.25) is 10.1 Å². The highest BCUT2D eigenvalue weighted by molar-refractivity contribution is 6.31. The summed E-state index contributed by atoms with van der Waals surface area (Å²) in [6, 6.07) is 14.8. The number of oxazole rings is 1. The molecule has 0 spiro atoms. The molecule has 5 rings (SSSR count). The average molecular weight is 436 g/mol. The van der Waals surface area contributed by atoms with Crippen LogP contribution in [0.1, 0.15) is 25.5 Å². The van der Waals surface area contributed by atoms with E-state index in [2.05, 4.69) is 29.5 Å². The number of fused-ring (bicyclic) bond motifs is 1. The Morgan fingerprint density at radius 3 is 2.77 bits per heavy atom. The molecule has 2 N–H and O–H groups in total. The van der Waals surface area contributed by atoms with Gasteiger partial charge >= 0.3 is 6.01 Å². The molecule has 8 heteroatoms. The summed E-state index contributed by atoms with van der Waals surface area (Å²) in [6.45, 7) is 5.37. The van der Waals surface area contributed by atoms with Crippen LogP contribution in [0.5, 0.6) is 0 Å². The summed E-state index contributed by atoms with van der Waals surface area (Å²) in [5.74, 6) is 0.822. The number of hydrogen-bond acceptors (Lipinski definition) is 6. The second-order valence-electron chi connectivity index (χ2n) is 8.11. The minimum Gasteiger partial charge on any atom is -0.423 e. The van der Waals surface area contributed by atoms with E-state index < -0.39 is 6.04 Å². The van der Waals surface area contributed by atoms with Crippen molar-refractivity contribution in [3.8, 4) is 0 Å². The van der Waals surface area contributed by atoms with Crippen LogP contribution >= 0.6 is 11.6 Å². The van der Waals surface area contributed by atoms with Crippen molar-refractivity contribution in [3.05, 3.63) is 70.4 Å². The number of hydrogen-bond donors (Lipinski definition) is 2. The van der Waals surface area contributed by atoms with Gasteiger partial charge in [0.2, 0.25) is 5.96 Å². The van der Waals surface area contributed by atoms with E-state index in [0.717, 1.165) is 16.8 Å². The van der Waals surface area contributed by atoms with Gasteiger partial charge in [-0.25, -0.2) is 4.99 Å². The lowest BCUT2D eigenvalue weighted by Gasteiger charge is -2.23. The lowest BCUT2D eigenvalue weighted by Crippen LogP contribution is -2.36. The molecule has 0 saturated heterocycles. The maximum absolute atomic E-state index is 13.2. The lowest BCUT2D eigenvalue weighted by atomic mass is 9.97. The Morgan fingerprint density at radius 1 is 1.23 bits per heavy atom. The van der Waals surface area contributed by atoms with Crippen LogP contribution in [0.2, 0.25) is 5.02 Å². The molecule has 2 aliphatic heterocycles. The van der Waals surface area contributed by atoms with Gasteiger partial charge in [0.15, 0.2) is 5.58 Å². The number of aromatic nitrogens is 1. The Bertz CT molecular complexity index is 1200. The smallest absolute Gasteiger partial charge is 0.302 e. The number of halogens is 1. The number of anilines is 1. The van der Waals surface area contributed by atoms with Gasteiger partial charge in [-0.15, -0.1) is 0 Å². The number of para-hydroxylation sites is 2. The number of amides is 1. The van der Waals surface area contributed by atoms with Gasteiger partial charge in [0.1, 0.15) is 11.6 Å². The minimum absolute atomic E-state index is 0.00854. The SMILES string of the molecule is CC(C)CN1CC2=C(C1=O)C(c1ccccc1Cl)N=C(Nc1nc3ccccc3o1)N2. The quantitative estimate of drug-likeness (QED) is 0.636. The minimum atomic E-state index is -0.513. The zero-order chi connectivity index (χ0) is 21.5. The standard InChI is InChI=1S/C23H22ClN5O2/c1-13(2)11-29-12-17-19(21(29)30)20(14-7-3-4-8-15(14)24)27-22(25-17)28-23-26-16-9-5-6-10-18(16)31-23/h3-10,13,20H,11-12H2,1-2H3,(H2,25,26,27,28). The maximum atomic E-state index is 13.2. The highest BCUT2D eigenvalue weighted by atomic mass is 35.5. The fourth-order valence-corrected chi connectivity index (χ4v) is 4.24. The van der Waals surface area contributed by atoms with Crippen molar-refractivity contribution in [1.29, 1.82) is 0 Å². The molecule has 31 heavy (non-hydrogen) atoms. The largest absolute Gasteiger partial charge is 0.423 e. The summed E-state index contributed by atoms with van der Waals surface area (Å²) in [5, 5.41) is 6.97. The number of rotatable bonds is 4. The molecule has 1 unspecified atom stereocenters. The third-order valence-corrected chi connectivity index (χ3v) is 5.64. The Hall–Kier alpha value is -3.32. The molecule has 1 atom stereocenters. The highest BCUT2D eigenvalue weighted by Gasteiger charge is 2.40. The van der Waals surface area contributed by atoms with E-state index in [9.17, 15) is 4.79 Å². The number of guanidine groups is 1. The van der Waals surface area contributed by atoms with Crippen molar-refractivity contribution in [2.24, 2.45) is 10.9 Å². The number of nitrogens with zero attached hydrogens (tertiary/aromatic N) is 3. The lowest BCUT2D eigenvalue weighted by molar-refractivity contribution is -0.126. The number of carbonyl (C=O) groups excluding carboxylic acids is 1. The van der Waals surface area contributed by atoms with Crippen molar-refractivity contribution in [3.63, 3.8) is 0 Å². The van der Waals surface area contributed by atoms with Gasteiger partial charge in [-0.05, 0) is 24.1 Å². The first-order valence-corrected chi connectivity index (χ1v) is 10.6. The second kappa shape index (κ2) is 7.74. The molecular weight excluding hydrogens is 414 g/mol. The van der Waals surface area contributed by atoms with E-state index >= 15 is 0 Å². The van der Waals surface area contributed by atoms with Crippen LogP contribution in [-0.2, 0) is 4.79 Å². The van der Waals surface area contributed by atoms with Crippen LogP contribution in [-0.4, -0.2) is 34.8 Å². The van der Waals surface area contributed by atoms with Crippen molar-refractivity contribution < 1.29 is 9.21 Å². The van der Waals surface area contributed by atoms with Crippen molar-refractivity contribution in [1.82, 2.24) is 15.2 Å². The van der Waals surface area contributed by atoms with Gasteiger partial charge < -0.3 is 14.6 Å². The Morgan fingerprint density at radius 2 is 2.00 bits per heavy atom. The van der Waals surface area contributed by atoms with Crippen molar-refractivity contribution in [2.45, 2.75) is 19.9 Å². The summed E-state index contributed by atoms with van der Waals surface area (Å²) >= 11 is 6.49. The molecule has 0 radical (unpaired) electrons. The summed E-state index contributed by atoms with van der Waals surface area (Å²) in [5.41, 5.74) is 3.68. The number of aliphatic imine (C=N–C) groups is 1. The number of benzene rings is 2. The normalized spacial score (nSPS) is 18.5. The molecule has 1 amide bonds. The van der Waals surface area contributed by atoms with E-state index in [-0.39, 0.29) is 5.91 Å². The monoisotopic (exact) mass is 435 g/mol. The van der Waals surface area contributed by atoms with Gasteiger partial charge in [0, 0.05) is 22.8 Å². The zero-order valence-electron chi connectivity index (χ0n) is 17.2. The van der Waals surface area contributed by atoms with Crippen LogP contribution < -0.4 is 10.6 Å². The van der Waals surface area contributed by atoms with Crippen molar-refractivity contribution >= 4 is 40.6 Å². The van der Waals surface area contributed by atoms with Gasteiger partial charge in [-0.1, -0.05) is 55.8 Å². The molecule has 1 aromatic heterocycles. The van der Waals surface area contributed by atoms with Crippen LogP contribution in [0, 0.1) is 5.92 Å². The van der Waals surface area contributed by atoms with Crippen LogP contribution in [0.25, 0.3) is 11.1 Å². The molecule has 3 aromatic rings. The average Bonchev–Trinajstić information content (AvgIpc) is 3.28. The Kier molecular flexibility index (Phi) is 4.90. The Labute approximate surface area is 184 Å². The maximum Gasteiger partial charge on any atom is 0.302 e. The summed E-state index contributed by atoms with van der Waals surface area (Å²) in [6.07, 6.45) is 0. The predicted molar refractivity (Wildman–Crippen MR) is 121 cm³/mol. The molecule has 0 aliphatic carbocycles. The first-order chi connectivity index (χ1) is 15.0. The van der Waals surface area contributed by atoms with E-state index in [1.165, 1.54) is 0 Å². The van der Waals surface area contributed by atoms with Crippen molar-refractivity contribution in [2.75, 3.05) is 18.4 Å². The second-order valence-corrected chi connectivity index (χ2v) is 8.52. The molecule has 158 valence electrons. The third-order valence-electron chi connectivity index (χ3n) is 5.30. The fraction of sp³-hybridized carbons (Fsp3) is 0.261. The van der Waals surface area contributed by atoms with Crippen LogP contribution in [0.3, 0.4) is 0 Å². The van der Waals surface area contributed by atoms with Crippen LogP contribution in [0.4, 0.5) is 6.01 Å². The third kappa shape index (κ3) is 3.65. The van der Waals surface area contributed by atoms with Gasteiger partial charge in [0.25, 0.3) is 5.91 Å². The molecule has 3 heterocycles. The fourth-order valence-electron chi connectivity index (χ4n) is 4.01. The summed E-state index contributed by atoms with van der Waals surface area (Å²) in [4.78, 5) is 24.3. The van der Waals surface area contributed by atoms with E-state index in [4.69, 9.17) is 21.0 Å². The summed E-state index contributed by atoms with van der Waals surface area (Å²) in [7, 11) is 0. The molecule has 0 bridgehead atoms. The number of carbonyl (C=O) groups is 1. The molecular formula is C23H22ClN5O2. The van der Waals surface area contributed by atoms with Gasteiger partial charge in [0.05, 0.1) is 12.1 Å². The number of nitrogens with one attached hydrogen (secondary N) is 2. The topological polar surface area (TPSA) is 82.8 Å². The first kappa shape index (κ1) is 19.6. The molecule has 2 aliphatic rings. The summed E-state index contributed by atoms with van der Waals surface area (Å²) < 4.78 is 5.78. The van der Waals surface area contributed by atoms with Gasteiger partial charge in [-0.2, -0.15) is 4.98 Å². The molecule has 2 aromatic carbocycles. The predicted octanol–water partition coefficient (Wildman–Crippen LogP) is 4.35. The van der Waals surface area contributed by atoms with E-state index in [1.54, 1.807) is 0 Å². The Balaban J connectivity index is 1.51. The molecule has 0 saturated carbocycles. The van der Waals surface area contributed by atoms with E-state index in [0.29, 0.717) is 47.2 Å². The zero-order valence-corrected chi connectivity index (χ0v) is 18.0. The molecule has 0 fully saturated rings. The van der Waals surface area contributed by atoms with Crippen LogP contribution in [0.15, 0.2) is 69.2 Å². The highest BCUT2D eigenvalue weighted by Crippen LogP contribution is 2.38. The molecule has 7 nitrogen and oxygen atoms in total. The van der Waals surface area contributed by atoms with E-state index in [1.807, 2.05) is 53.4 Å².